The van der Waals surface area contributed by atoms with Crippen molar-refractivity contribution in [2.24, 2.45) is 16.8 Å². The normalized spacial score (nSPS) is 16.5. The van der Waals surface area contributed by atoms with Crippen LogP contribution in [0.3, 0.4) is 0 Å². The topological polar surface area (TPSA) is 31.7 Å². The molecule has 2 aliphatic carbocycles. The zero-order valence-corrected chi connectivity index (χ0v) is 31.0. The average Bonchev–Trinajstić information content (AvgIpc) is 3.84. The van der Waals surface area contributed by atoms with E-state index >= 15 is 0 Å². The summed E-state index contributed by atoms with van der Waals surface area (Å²) in [7, 11) is 0. The fourth-order valence-corrected chi connectivity index (χ4v) is 5.19. The van der Waals surface area contributed by atoms with E-state index < -0.39 is 24.3 Å². The summed E-state index contributed by atoms with van der Waals surface area (Å²) < 4.78 is 76.9. The van der Waals surface area contributed by atoms with Crippen LogP contribution < -0.4 is 4.90 Å². The van der Waals surface area contributed by atoms with Crippen molar-refractivity contribution in [1.82, 2.24) is 9.88 Å². The van der Waals surface area contributed by atoms with Gasteiger partial charge in [0.1, 0.15) is 11.7 Å². The third-order valence-corrected chi connectivity index (χ3v) is 8.54. The Morgan fingerprint density at radius 3 is 2.18 bits per heavy atom. The van der Waals surface area contributed by atoms with E-state index in [1.807, 2.05) is 19.1 Å². The lowest BCUT2D eigenvalue weighted by molar-refractivity contribution is -0.125. The third-order valence-electron chi connectivity index (χ3n) is 8.07. The second-order valence-corrected chi connectivity index (χ2v) is 13.5. The number of alkyl halides is 6. The van der Waals surface area contributed by atoms with Crippen molar-refractivity contribution in [2.75, 3.05) is 37.6 Å². The van der Waals surface area contributed by atoms with Crippen LogP contribution in [0.25, 0.3) is 0 Å². The zero-order chi connectivity index (χ0) is 37.2. The Morgan fingerprint density at radius 2 is 1.70 bits per heavy atom. The van der Waals surface area contributed by atoms with Crippen LogP contribution in [0.1, 0.15) is 65.7 Å². The number of anilines is 1. The number of hydrogen-bond acceptors (Lipinski definition) is 3. The van der Waals surface area contributed by atoms with E-state index in [-0.39, 0.29) is 18.5 Å². The average molecular weight is 770 g/mol. The molecule has 0 aliphatic heterocycles. The lowest BCUT2D eigenvalue weighted by Crippen LogP contribution is -2.38. The van der Waals surface area contributed by atoms with Crippen molar-refractivity contribution < 1.29 is 26.3 Å². The van der Waals surface area contributed by atoms with E-state index in [2.05, 4.69) is 70.2 Å². The number of aliphatic imine (C=N–C) groups is 1. The van der Waals surface area contributed by atoms with Crippen LogP contribution in [0, 0.1) is 11.8 Å². The number of allylic oxidation sites excluding steroid dienone is 9. The number of pyridine rings is 1. The van der Waals surface area contributed by atoms with Gasteiger partial charge in [0.2, 0.25) is 0 Å². The quantitative estimate of drug-likeness (QED) is 0.0520. The third kappa shape index (κ3) is 18.1. The summed E-state index contributed by atoms with van der Waals surface area (Å²) in [5.74, 6) is 3.47. The molecule has 0 radical (unpaired) electrons. The molecule has 1 aromatic heterocycles. The van der Waals surface area contributed by atoms with Crippen LogP contribution in [-0.2, 0) is 0 Å². The molecule has 0 atom stereocenters. The van der Waals surface area contributed by atoms with Gasteiger partial charge in [-0.1, -0.05) is 79.3 Å². The second-order valence-electron chi connectivity index (χ2n) is 12.6. The van der Waals surface area contributed by atoms with Crippen LogP contribution in [0.4, 0.5) is 32.2 Å². The molecule has 0 N–H and O–H groups in total. The fourth-order valence-electron chi connectivity index (χ4n) is 4.96. The molecule has 276 valence electrons. The predicted molar refractivity (Wildman–Crippen MR) is 199 cm³/mol. The van der Waals surface area contributed by atoms with Crippen LogP contribution in [0.2, 0.25) is 0 Å². The van der Waals surface area contributed by atoms with Crippen LogP contribution >= 0.6 is 15.9 Å². The second kappa shape index (κ2) is 21.8. The molecule has 4 nitrogen and oxygen atoms in total. The first-order valence-electron chi connectivity index (χ1n) is 17.1. The molecule has 2 saturated carbocycles. The van der Waals surface area contributed by atoms with E-state index in [1.54, 1.807) is 24.0 Å². The zero-order valence-electron chi connectivity index (χ0n) is 29.4. The number of amidine groups is 1. The first-order chi connectivity index (χ1) is 23.6. The summed E-state index contributed by atoms with van der Waals surface area (Å²) >= 11 is 3.24. The lowest BCUT2D eigenvalue weighted by atomic mass is 9.85. The van der Waals surface area contributed by atoms with E-state index in [0.717, 1.165) is 40.6 Å². The Bertz CT molecular complexity index is 1380. The highest BCUT2D eigenvalue weighted by Crippen LogP contribution is 2.33. The summed E-state index contributed by atoms with van der Waals surface area (Å²) in [6, 6.07) is 3.40. The standard InChI is InChI=1S/C21H32N2.C18H19BrF6N2/c1-4-9-21(22-15-7-5-6-10-18(2)3)23(17-20-13-14-20)16-19-11-8-12-19;1-3-14(18(23,24)25)6-5-13(9-10-17(20,21)22)12-27(4-2)16-8-7-15(19)11-26-16/h4-7,9-10,19-20H,2,8,11-17H2,1,3H3;3,6-9,11H,1,4-5,10,12H2,2H3/b7-5-,9-4-,10-6-,22-21?;13-9+,14-6+. The molecule has 0 bridgehead atoms. The SMILES string of the molecule is C=C(C)/C=C\C=C/CN=C(/C=C\C)N(CC1CCC1)CC1CC1.C=C/C(=C\C/C(=C\CC(F)(F)F)CN(CC)c1ccc(Br)cn1)C(F)(F)F. The van der Waals surface area contributed by atoms with Crippen molar-refractivity contribution in [3.8, 4) is 0 Å². The maximum absolute atomic E-state index is 12.8. The molecule has 50 heavy (non-hydrogen) atoms. The van der Waals surface area contributed by atoms with Gasteiger partial charge in [-0.15, -0.1) is 0 Å². The summed E-state index contributed by atoms with van der Waals surface area (Å²) in [5.41, 5.74) is 0.302. The van der Waals surface area contributed by atoms with Crippen molar-refractivity contribution in [3.63, 3.8) is 0 Å². The first kappa shape index (κ1) is 42.8. The number of aromatic nitrogens is 1. The molecule has 0 aromatic carbocycles. The molecule has 0 spiro atoms. The minimum absolute atomic E-state index is 0.0278. The van der Waals surface area contributed by atoms with Gasteiger partial charge in [-0.25, -0.2) is 4.98 Å². The van der Waals surface area contributed by atoms with Crippen LogP contribution in [-0.4, -0.2) is 60.8 Å². The summed E-state index contributed by atoms with van der Waals surface area (Å²) in [6.45, 7) is 16.4. The van der Waals surface area contributed by atoms with Gasteiger partial charge < -0.3 is 9.80 Å². The highest BCUT2D eigenvalue weighted by atomic mass is 79.9. The highest BCUT2D eigenvalue weighted by molar-refractivity contribution is 9.10. The molecule has 2 aliphatic rings. The number of likely N-dealkylation sites (N-methyl/N-ethyl adjacent to an activating group) is 1. The number of rotatable bonds is 17. The highest BCUT2D eigenvalue weighted by Gasteiger charge is 2.31. The Hall–Kier alpha value is -3.34. The maximum Gasteiger partial charge on any atom is 0.416 e. The molecule has 1 heterocycles. The van der Waals surface area contributed by atoms with E-state index in [0.29, 0.717) is 18.4 Å². The van der Waals surface area contributed by atoms with E-state index in [1.165, 1.54) is 57.2 Å². The van der Waals surface area contributed by atoms with Crippen LogP contribution in [0.5, 0.6) is 0 Å². The Kier molecular flexibility index (Phi) is 18.7. The molecule has 2 fully saturated rings. The van der Waals surface area contributed by atoms with Crippen molar-refractivity contribution in [1.29, 1.82) is 0 Å². The number of halogens is 7. The molecule has 0 unspecified atom stereocenters. The summed E-state index contributed by atoms with van der Waals surface area (Å²) in [4.78, 5) is 13.2. The molecule has 0 amide bonds. The van der Waals surface area contributed by atoms with Gasteiger partial charge in [0.05, 0.1) is 18.5 Å². The van der Waals surface area contributed by atoms with E-state index in [9.17, 15) is 26.3 Å². The number of hydrogen-bond donors (Lipinski definition) is 0. The lowest BCUT2D eigenvalue weighted by Gasteiger charge is -2.33. The Morgan fingerprint density at radius 1 is 1.02 bits per heavy atom. The molecular formula is C39H51BrF6N4. The van der Waals surface area contributed by atoms with Gasteiger partial charge in [0.15, 0.2) is 0 Å². The Labute approximate surface area is 303 Å². The Balaban J connectivity index is 0.000000351. The van der Waals surface area contributed by atoms with Gasteiger partial charge in [0, 0.05) is 36.8 Å². The molecule has 11 heteroatoms. The summed E-state index contributed by atoms with van der Waals surface area (Å²) in [6.07, 6.45) is 13.0. The smallest absolute Gasteiger partial charge is 0.356 e. The van der Waals surface area contributed by atoms with Crippen molar-refractivity contribution in [2.45, 2.75) is 78.1 Å². The monoisotopic (exact) mass is 768 g/mol. The minimum atomic E-state index is -4.60. The predicted octanol–water partition coefficient (Wildman–Crippen LogP) is 11.8. The van der Waals surface area contributed by atoms with Crippen molar-refractivity contribution in [3.05, 3.63) is 107 Å². The van der Waals surface area contributed by atoms with Gasteiger partial charge in [-0.2, -0.15) is 26.3 Å². The first-order valence-corrected chi connectivity index (χ1v) is 17.9. The van der Waals surface area contributed by atoms with E-state index in [4.69, 9.17) is 4.99 Å². The van der Waals surface area contributed by atoms with Gasteiger partial charge in [-0.3, -0.25) is 4.99 Å². The number of nitrogens with zero attached hydrogens (tertiary/aromatic N) is 4. The molecule has 3 rings (SSSR count). The van der Waals surface area contributed by atoms with Crippen LogP contribution in [0.15, 0.2) is 112 Å². The largest absolute Gasteiger partial charge is 0.416 e. The fraction of sp³-hybridized carbons (Fsp3) is 0.487. The maximum atomic E-state index is 12.8. The van der Waals surface area contributed by atoms with Gasteiger partial charge in [0.25, 0.3) is 0 Å². The molecule has 1 aromatic rings. The molecule has 0 saturated heterocycles. The van der Waals surface area contributed by atoms with Gasteiger partial charge >= 0.3 is 12.4 Å². The van der Waals surface area contributed by atoms with Crippen molar-refractivity contribution >= 4 is 27.6 Å². The molecular weight excluding hydrogens is 718 g/mol. The van der Waals surface area contributed by atoms with Gasteiger partial charge in [-0.05, 0) is 98.8 Å². The summed E-state index contributed by atoms with van der Waals surface area (Å²) in [5, 5.41) is 0. The minimum Gasteiger partial charge on any atom is -0.356 e.